The lowest BCUT2D eigenvalue weighted by molar-refractivity contribution is 0.0725. The Kier molecular flexibility index (Phi) is 5.69. The average Bonchev–Trinajstić information content (AvgIpc) is 2.85. The van der Waals surface area contributed by atoms with Crippen LogP contribution in [0.15, 0.2) is 67.0 Å². The van der Waals surface area contributed by atoms with Crippen molar-refractivity contribution in [3.8, 4) is 11.4 Å². The first-order chi connectivity index (χ1) is 15.7. The third kappa shape index (κ3) is 4.14. The molecule has 0 saturated carbocycles. The number of rotatable bonds is 4. The molecule has 0 radical (unpaired) electrons. The van der Waals surface area contributed by atoms with E-state index in [4.69, 9.17) is 21.6 Å². The van der Waals surface area contributed by atoms with E-state index in [2.05, 4.69) is 10.3 Å². The van der Waals surface area contributed by atoms with Gasteiger partial charge in [-0.1, -0.05) is 23.7 Å². The molecule has 1 aliphatic heterocycles. The molecule has 32 heavy (non-hydrogen) atoms. The molecule has 160 valence electrons. The molecule has 4 aromatic rings. The molecule has 0 bridgehead atoms. The number of likely N-dealkylation sites (tertiary alicyclic amines) is 1. The number of carbonyl (C=O) groups is 1. The van der Waals surface area contributed by atoms with Crippen LogP contribution in [0.5, 0.6) is 0 Å². The van der Waals surface area contributed by atoms with Crippen LogP contribution in [-0.2, 0) is 0 Å². The summed E-state index contributed by atoms with van der Waals surface area (Å²) in [5, 5.41) is 4.77. The van der Waals surface area contributed by atoms with Gasteiger partial charge in [-0.2, -0.15) is 0 Å². The number of fused-ring (bicyclic) bond motifs is 1. The fourth-order valence-electron chi connectivity index (χ4n) is 3.99. The number of amides is 1. The molecule has 1 N–H and O–H groups in total. The summed E-state index contributed by atoms with van der Waals surface area (Å²) in [6.45, 7) is 1.59. The van der Waals surface area contributed by atoms with Crippen LogP contribution in [0.25, 0.3) is 22.3 Å². The van der Waals surface area contributed by atoms with Gasteiger partial charge in [0.15, 0.2) is 5.82 Å². The molecule has 0 atom stereocenters. The molecular weight excluding hydrogens is 422 g/mol. The molecule has 1 saturated heterocycles. The van der Waals surface area contributed by atoms with E-state index in [1.165, 1.54) is 6.42 Å². The Morgan fingerprint density at radius 3 is 2.62 bits per heavy atom. The predicted octanol–water partition coefficient (Wildman–Crippen LogP) is 5.71. The Morgan fingerprint density at radius 2 is 1.81 bits per heavy atom. The third-order valence-corrected chi connectivity index (χ3v) is 5.87. The SMILES string of the molecule is O=C(c1ccccc1Nc1nc(-c2cccnc2)nc2ccc(Cl)cc12)N1CCCCC1. The van der Waals surface area contributed by atoms with Crippen molar-refractivity contribution in [2.24, 2.45) is 0 Å². The van der Waals surface area contributed by atoms with Crippen molar-refractivity contribution in [3.63, 3.8) is 0 Å². The Bertz CT molecular complexity index is 1270. The topological polar surface area (TPSA) is 71.0 Å². The second kappa shape index (κ2) is 8.93. The highest BCUT2D eigenvalue weighted by Crippen LogP contribution is 2.31. The average molecular weight is 444 g/mol. The number of hydrogen-bond acceptors (Lipinski definition) is 5. The monoisotopic (exact) mass is 443 g/mol. The second-order valence-corrected chi connectivity index (χ2v) is 8.26. The number of nitrogens with one attached hydrogen (secondary N) is 1. The third-order valence-electron chi connectivity index (χ3n) is 5.63. The maximum Gasteiger partial charge on any atom is 0.255 e. The summed E-state index contributed by atoms with van der Waals surface area (Å²) in [6.07, 6.45) is 6.71. The largest absolute Gasteiger partial charge is 0.339 e. The van der Waals surface area contributed by atoms with E-state index >= 15 is 0 Å². The van der Waals surface area contributed by atoms with E-state index in [1.54, 1.807) is 12.4 Å². The summed E-state index contributed by atoms with van der Waals surface area (Å²) >= 11 is 6.28. The van der Waals surface area contributed by atoms with Crippen LogP contribution in [0.4, 0.5) is 11.5 Å². The zero-order valence-corrected chi connectivity index (χ0v) is 18.2. The predicted molar refractivity (Wildman–Crippen MR) is 127 cm³/mol. The van der Waals surface area contributed by atoms with Gasteiger partial charge >= 0.3 is 0 Å². The Morgan fingerprint density at radius 1 is 0.969 bits per heavy atom. The minimum Gasteiger partial charge on any atom is -0.339 e. The second-order valence-electron chi connectivity index (χ2n) is 7.82. The maximum atomic E-state index is 13.2. The van der Waals surface area contributed by atoms with Crippen molar-refractivity contribution in [3.05, 3.63) is 77.6 Å². The highest BCUT2D eigenvalue weighted by atomic mass is 35.5. The fourth-order valence-corrected chi connectivity index (χ4v) is 4.17. The molecule has 1 aliphatic rings. The molecule has 0 unspecified atom stereocenters. The van der Waals surface area contributed by atoms with E-state index in [0.717, 1.165) is 42.4 Å². The molecule has 1 amide bonds. The first kappa shape index (κ1) is 20.4. The van der Waals surface area contributed by atoms with Crippen molar-refractivity contribution in [1.82, 2.24) is 19.9 Å². The van der Waals surface area contributed by atoms with E-state index in [0.29, 0.717) is 27.9 Å². The fraction of sp³-hybridized carbons (Fsp3) is 0.200. The van der Waals surface area contributed by atoms with Crippen LogP contribution in [0.2, 0.25) is 5.02 Å². The van der Waals surface area contributed by atoms with Gasteiger partial charge in [0.2, 0.25) is 0 Å². The van der Waals surface area contributed by atoms with Gasteiger partial charge < -0.3 is 10.2 Å². The first-order valence-electron chi connectivity index (χ1n) is 10.7. The molecule has 6 nitrogen and oxygen atoms in total. The summed E-state index contributed by atoms with van der Waals surface area (Å²) in [4.78, 5) is 28.8. The van der Waals surface area contributed by atoms with Crippen molar-refractivity contribution < 1.29 is 4.79 Å². The van der Waals surface area contributed by atoms with Crippen LogP contribution in [-0.4, -0.2) is 38.8 Å². The number of carbonyl (C=O) groups excluding carboxylic acids is 1. The summed E-state index contributed by atoms with van der Waals surface area (Å²) < 4.78 is 0. The lowest BCUT2D eigenvalue weighted by Gasteiger charge is -2.27. The highest BCUT2D eigenvalue weighted by molar-refractivity contribution is 6.31. The lowest BCUT2D eigenvalue weighted by Crippen LogP contribution is -2.35. The van der Waals surface area contributed by atoms with Gasteiger partial charge in [-0.3, -0.25) is 9.78 Å². The minimum absolute atomic E-state index is 0.0386. The van der Waals surface area contributed by atoms with Crippen LogP contribution in [0.3, 0.4) is 0 Å². The number of halogens is 1. The van der Waals surface area contributed by atoms with E-state index in [1.807, 2.05) is 59.5 Å². The van der Waals surface area contributed by atoms with Crippen molar-refractivity contribution >= 4 is 39.9 Å². The number of hydrogen-bond donors (Lipinski definition) is 1. The molecule has 0 spiro atoms. The van der Waals surface area contributed by atoms with Crippen molar-refractivity contribution in [2.75, 3.05) is 18.4 Å². The number of aromatic nitrogens is 3. The Labute approximate surface area is 191 Å². The van der Waals surface area contributed by atoms with Crippen LogP contribution < -0.4 is 5.32 Å². The Balaban J connectivity index is 1.58. The van der Waals surface area contributed by atoms with Crippen LogP contribution in [0, 0.1) is 0 Å². The quantitative estimate of drug-likeness (QED) is 0.437. The van der Waals surface area contributed by atoms with Gasteiger partial charge in [0.25, 0.3) is 5.91 Å². The smallest absolute Gasteiger partial charge is 0.255 e. The van der Waals surface area contributed by atoms with E-state index < -0.39 is 0 Å². The van der Waals surface area contributed by atoms with E-state index in [9.17, 15) is 4.79 Å². The zero-order valence-electron chi connectivity index (χ0n) is 17.5. The molecule has 5 rings (SSSR count). The van der Waals surface area contributed by atoms with Gasteiger partial charge in [0.05, 0.1) is 16.8 Å². The van der Waals surface area contributed by atoms with Crippen molar-refractivity contribution in [2.45, 2.75) is 19.3 Å². The minimum atomic E-state index is 0.0386. The molecule has 0 aliphatic carbocycles. The number of anilines is 2. The van der Waals surface area contributed by atoms with Gasteiger partial charge in [0, 0.05) is 41.5 Å². The number of para-hydroxylation sites is 1. The summed E-state index contributed by atoms with van der Waals surface area (Å²) in [7, 11) is 0. The van der Waals surface area contributed by atoms with Gasteiger partial charge in [0.1, 0.15) is 5.82 Å². The van der Waals surface area contributed by atoms with Gasteiger partial charge in [-0.25, -0.2) is 9.97 Å². The Hall–Kier alpha value is -3.51. The highest BCUT2D eigenvalue weighted by Gasteiger charge is 2.21. The lowest BCUT2D eigenvalue weighted by atomic mass is 10.1. The first-order valence-corrected chi connectivity index (χ1v) is 11.1. The molecule has 2 aromatic carbocycles. The number of nitrogens with zero attached hydrogens (tertiary/aromatic N) is 4. The molecular formula is C25H22ClN5O. The van der Waals surface area contributed by atoms with Crippen LogP contribution >= 0.6 is 11.6 Å². The summed E-state index contributed by atoms with van der Waals surface area (Å²) in [5.41, 5.74) is 2.90. The number of piperidine rings is 1. The number of pyridine rings is 1. The maximum absolute atomic E-state index is 13.2. The molecule has 1 fully saturated rings. The van der Waals surface area contributed by atoms with Gasteiger partial charge in [-0.15, -0.1) is 0 Å². The van der Waals surface area contributed by atoms with E-state index in [-0.39, 0.29) is 5.91 Å². The standard InChI is InChI=1S/C25H22ClN5O/c26-18-10-11-22-20(15-18)24(30-23(28-22)17-7-6-12-27-16-17)29-21-9-3-2-8-19(21)25(32)31-13-4-1-5-14-31/h2-3,6-12,15-16H,1,4-5,13-14H2,(H,28,29,30). The summed E-state index contributed by atoms with van der Waals surface area (Å²) in [6, 6.07) is 16.8. The normalized spacial score (nSPS) is 13.8. The summed E-state index contributed by atoms with van der Waals surface area (Å²) in [5.74, 6) is 1.18. The number of benzene rings is 2. The zero-order chi connectivity index (χ0) is 21.9. The van der Waals surface area contributed by atoms with Gasteiger partial charge in [-0.05, 0) is 61.7 Å². The molecule has 7 heteroatoms. The van der Waals surface area contributed by atoms with Crippen LogP contribution in [0.1, 0.15) is 29.6 Å². The van der Waals surface area contributed by atoms with Crippen molar-refractivity contribution in [1.29, 1.82) is 0 Å². The molecule has 3 heterocycles. The molecule has 2 aromatic heterocycles.